The number of carbonyl (C=O) groups is 1. The van der Waals surface area contributed by atoms with E-state index < -0.39 is 11.6 Å². The standard InChI is InChI=1S/C22H27ClFN3O2/c1-27(2)17(11-16-5-6-19(28)22(24)21(16)23)13-26-20(29)12-18(14-3-4-14)15-7-9-25-10-8-15/h5-10,14,17-18,28H,3-4,11-13H2,1-2H3,(H,26,29)/t17-,18-/m0/s1. The van der Waals surface area contributed by atoms with Gasteiger partial charge in [-0.2, -0.15) is 0 Å². The number of hydrogen-bond acceptors (Lipinski definition) is 4. The van der Waals surface area contributed by atoms with Gasteiger partial charge in [-0.1, -0.05) is 17.7 Å². The van der Waals surface area contributed by atoms with Crippen LogP contribution in [-0.2, 0) is 11.2 Å². The van der Waals surface area contributed by atoms with Crippen LogP contribution in [0, 0.1) is 11.7 Å². The number of carbonyl (C=O) groups excluding carboxylic acids is 1. The molecule has 1 aliphatic rings. The maximum Gasteiger partial charge on any atom is 0.220 e. The molecule has 0 unspecified atom stereocenters. The Kier molecular flexibility index (Phi) is 7.09. The van der Waals surface area contributed by atoms with Gasteiger partial charge in [0, 0.05) is 31.4 Å². The Morgan fingerprint density at radius 3 is 2.62 bits per heavy atom. The first-order valence-corrected chi connectivity index (χ1v) is 10.2. The Bertz CT molecular complexity index is 843. The first kappa shape index (κ1) is 21.5. The third-order valence-corrected chi connectivity index (χ3v) is 6.00. The number of hydrogen-bond donors (Lipinski definition) is 2. The van der Waals surface area contributed by atoms with Crippen LogP contribution in [0.15, 0.2) is 36.7 Å². The summed E-state index contributed by atoms with van der Waals surface area (Å²) in [5.74, 6) is -0.484. The Morgan fingerprint density at radius 2 is 2.00 bits per heavy atom. The van der Waals surface area contributed by atoms with Crippen molar-refractivity contribution in [2.45, 2.75) is 37.6 Å². The molecule has 0 saturated heterocycles. The Morgan fingerprint density at radius 1 is 1.31 bits per heavy atom. The molecule has 1 amide bonds. The highest BCUT2D eigenvalue weighted by Gasteiger charge is 2.33. The van der Waals surface area contributed by atoms with E-state index >= 15 is 0 Å². The number of aromatic hydroxyl groups is 1. The highest BCUT2D eigenvalue weighted by molar-refractivity contribution is 6.31. The van der Waals surface area contributed by atoms with Gasteiger partial charge in [0.05, 0.1) is 5.02 Å². The number of benzene rings is 1. The van der Waals surface area contributed by atoms with Crippen LogP contribution in [-0.4, -0.2) is 47.6 Å². The van der Waals surface area contributed by atoms with Crippen LogP contribution in [0.25, 0.3) is 0 Å². The molecule has 2 aromatic rings. The van der Waals surface area contributed by atoms with Crippen molar-refractivity contribution in [3.05, 3.63) is 58.6 Å². The van der Waals surface area contributed by atoms with Crippen molar-refractivity contribution in [1.29, 1.82) is 0 Å². The first-order chi connectivity index (χ1) is 13.9. The van der Waals surface area contributed by atoms with Crippen molar-refractivity contribution in [2.24, 2.45) is 5.92 Å². The molecule has 0 radical (unpaired) electrons. The molecule has 5 nitrogen and oxygen atoms in total. The molecule has 1 aliphatic carbocycles. The van der Waals surface area contributed by atoms with E-state index in [1.54, 1.807) is 18.5 Å². The second-order valence-electron chi connectivity index (χ2n) is 7.93. The van der Waals surface area contributed by atoms with Crippen molar-refractivity contribution in [3.63, 3.8) is 0 Å². The van der Waals surface area contributed by atoms with Gasteiger partial charge in [0.1, 0.15) is 0 Å². The molecule has 1 aromatic carbocycles. The van der Waals surface area contributed by atoms with Crippen LogP contribution in [0.4, 0.5) is 4.39 Å². The van der Waals surface area contributed by atoms with E-state index in [0.717, 1.165) is 18.4 Å². The average molecular weight is 420 g/mol. The summed E-state index contributed by atoms with van der Waals surface area (Å²) in [4.78, 5) is 18.7. The smallest absolute Gasteiger partial charge is 0.220 e. The molecule has 0 bridgehead atoms. The summed E-state index contributed by atoms with van der Waals surface area (Å²) in [5.41, 5.74) is 1.76. The third kappa shape index (κ3) is 5.67. The summed E-state index contributed by atoms with van der Waals surface area (Å²) in [6.07, 6.45) is 6.76. The van der Waals surface area contributed by atoms with Crippen LogP contribution >= 0.6 is 11.6 Å². The molecule has 156 valence electrons. The van der Waals surface area contributed by atoms with Crippen LogP contribution in [0.2, 0.25) is 5.02 Å². The van der Waals surface area contributed by atoms with Gasteiger partial charge in [-0.15, -0.1) is 0 Å². The molecule has 29 heavy (non-hydrogen) atoms. The van der Waals surface area contributed by atoms with E-state index in [2.05, 4.69) is 10.3 Å². The highest BCUT2D eigenvalue weighted by atomic mass is 35.5. The minimum absolute atomic E-state index is 0.00791. The lowest BCUT2D eigenvalue weighted by Gasteiger charge is -2.26. The van der Waals surface area contributed by atoms with Crippen LogP contribution in [0.1, 0.15) is 36.3 Å². The molecule has 3 rings (SSSR count). The second-order valence-corrected chi connectivity index (χ2v) is 8.30. The fraction of sp³-hybridized carbons (Fsp3) is 0.455. The second kappa shape index (κ2) is 9.55. The number of pyridine rings is 1. The van der Waals surface area contributed by atoms with Gasteiger partial charge in [-0.05, 0) is 74.5 Å². The number of aromatic nitrogens is 1. The largest absolute Gasteiger partial charge is 0.505 e. The van der Waals surface area contributed by atoms with Crippen molar-refractivity contribution in [1.82, 2.24) is 15.2 Å². The number of likely N-dealkylation sites (N-methyl/N-ethyl adjacent to an activating group) is 1. The average Bonchev–Trinajstić information content (AvgIpc) is 3.54. The van der Waals surface area contributed by atoms with Gasteiger partial charge in [0.25, 0.3) is 0 Å². The minimum atomic E-state index is -0.810. The minimum Gasteiger partial charge on any atom is -0.505 e. The van der Waals surface area contributed by atoms with Gasteiger partial charge in [-0.3, -0.25) is 9.78 Å². The molecule has 1 saturated carbocycles. The number of amides is 1. The van der Waals surface area contributed by atoms with E-state index in [9.17, 15) is 14.3 Å². The number of nitrogens with one attached hydrogen (secondary N) is 1. The zero-order chi connectivity index (χ0) is 21.0. The predicted octanol–water partition coefficient (Wildman–Crippen LogP) is 3.75. The van der Waals surface area contributed by atoms with E-state index in [1.807, 2.05) is 31.1 Å². The monoisotopic (exact) mass is 419 g/mol. The van der Waals surface area contributed by atoms with Crippen molar-refractivity contribution in [2.75, 3.05) is 20.6 Å². The number of rotatable bonds is 9. The van der Waals surface area contributed by atoms with Gasteiger partial charge in [-0.25, -0.2) is 4.39 Å². The molecule has 1 fully saturated rings. The van der Waals surface area contributed by atoms with Crippen molar-refractivity contribution < 1.29 is 14.3 Å². The summed E-state index contributed by atoms with van der Waals surface area (Å²) in [5, 5.41) is 12.4. The topological polar surface area (TPSA) is 65.5 Å². The van der Waals surface area contributed by atoms with Gasteiger partial charge >= 0.3 is 0 Å². The maximum absolute atomic E-state index is 13.9. The lowest BCUT2D eigenvalue weighted by atomic mass is 9.91. The predicted molar refractivity (Wildman–Crippen MR) is 112 cm³/mol. The van der Waals surface area contributed by atoms with Crippen molar-refractivity contribution >= 4 is 17.5 Å². The molecular formula is C22H27ClFN3O2. The van der Waals surface area contributed by atoms with E-state index in [4.69, 9.17) is 11.6 Å². The van der Waals surface area contributed by atoms with Gasteiger partial charge < -0.3 is 15.3 Å². The highest BCUT2D eigenvalue weighted by Crippen LogP contribution is 2.44. The molecule has 2 atom stereocenters. The zero-order valence-corrected chi connectivity index (χ0v) is 17.5. The maximum atomic E-state index is 13.9. The Balaban J connectivity index is 1.60. The fourth-order valence-electron chi connectivity index (χ4n) is 3.60. The summed E-state index contributed by atoms with van der Waals surface area (Å²) in [6.45, 7) is 0.429. The first-order valence-electron chi connectivity index (χ1n) is 9.85. The van der Waals surface area contributed by atoms with Crippen molar-refractivity contribution in [3.8, 4) is 5.75 Å². The van der Waals surface area contributed by atoms with E-state index in [0.29, 0.717) is 30.9 Å². The fourth-order valence-corrected chi connectivity index (χ4v) is 3.83. The third-order valence-electron chi connectivity index (χ3n) is 5.59. The SMILES string of the molecule is CN(C)[C@H](CNC(=O)C[C@H](c1ccncc1)C1CC1)Cc1ccc(O)c(F)c1Cl. The number of halogens is 2. The molecule has 1 heterocycles. The molecule has 0 aliphatic heterocycles. The summed E-state index contributed by atoms with van der Waals surface area (Å²) in [7, 11) is 3.82. The van der Waals surface area contributed by atoms with Gasteiger partial charge in [0.2, 0.25) is 5.91 Å². The van der Waals surface area contributed by atoms with E-state index in [-0.39, 0.29) is 22.9 Å². The van der Waals surface area contributed by atoms with Crippen LogP contribution in [0.3, 0.4) is 0 Å². The molecule has 2 N–H and O–H groups in total. The van der Waals surface area contributed by atoms with Crippen LogP contribution < -0.4 is 5.32 Å². The molecule has 1 aromatic heterocycles. The van der Waals surface area contributed by atoms with Crippen LogP contribution in [0.5, 0.6) is 5.75 Å². The lowest BCUT2D eigenvalue weighted by molar-refractivity contribution is -0.121. The normalized spacial score (nSPS) is 15.9. The molecule has 7 heteroatoms. The summed E-state index contributed by atoms with van der Waals surface area (Å²) in [6, 6.07) is 6.84. The number of nitrogens with zero attached hydrogens (tertiary/aromatic N) is 2. The Hall–Kier alpha value is -2.18. The lowest BCUT2D eigenvalue weighted by Crippen LogP contribution is -2.42. The van der Waals surface area contributed by atoms with E-state index in [1.165, 1.54) is 6.07 Å². The number of phenolic OH excluding ortho intramolecular Hbond substituents is 1. The summed E-state index contributed by atoms with van der Waals surface area (Å²) < 4.78 is 13.9. The zero-order valence-electron chi connectivity index (χ0n) is 16.7. The Labute approximate surface area is 175 Å². The summed E-state index contributed by atoms with van der Waals surface area (Å²) >= 11 is 6.04. The van der Waals surface area contributed by atoms with Gasteiger partial charge in [0.15, 0.2) is 11.6 Å². The molecular weight excluding hydrogens is 393 g/mol. The number of phenols is 1. The quantitative estimate of drug-likeness (QED) is 0.649. The molecule has 0 spiro atoms.